The van der Waals surface area contributed by atoms with Gasteiger partial charge in [0, 0.05) is 7.11 Å². The standard InChI is InChI=1S/C13H18O/c1-14-13-9-5-8-12(13)10-11-6-3-2-4-7-11/h2-4,6-7,12-13H,5,8-10H2,1H3. The van der Waals surface area contributed by atoms with Gasteiger partial charge in [0.05, 0.1) is 6.10 Å². The van der Waals surface area contributed by atoms with Crippen LogP contribution >= 0.6 is 0 Å². The van der Waals surface area contributed by atoms with Gasteiger partial charge in [0.25, 0.3) is 0 Å². The van der Waals surface area contributed by atoms with E-state index in [1.54, 1.807) is 0 Å². The molecule has 0 heterocycles. The van der Waals surface area contributed by atoms with Crippen LogP contribution in [-0.2, 0) is 11.2 Å². The summed E-state index contributed by atoms with van der Waals surface area (Å²) in [6.07, 6.45) is 5.58. The van der Waals surface area contributed by atoms with Crippen molar-refractivity contribution in [2.24, 2.45) is 5.92 Å². The zero-order valence-corrected chi connectivity index (χ0v) is 8.78. The molecular weight excluding hydrogens is 172 g/mol. The van der Waals surface area contributed by atoms with Crippen LogP contribution in [0.2, 0.25) is 0 Å². The fourth-order valence-corrected chi connectivity index (χ4v) is 2.46. The molecule has 14 heavy (non-hydrogen) atoms. The van der Waals surface area contributed by atoms with Gasteiger partial charge in [-0.15, -0.1) is 0 Å². The summed E-state index contributed by atoms with van der Waals surface area (Å²) in [7, 11) is 1.84. The second-order valence-electron chi connectivity index (χ2n) is 4.15. The number of rotatable bonds is 3. The van der Waals surface area contributed by atoms with Crippen LogP contribution in [0.15, 0.2) is 30.3 Å². The average molecular weight is 190 g/mol. The topological polar surface area (TPSA) is 9.23 Å². The van der Waals surface area contributed by atoms with Crippen molar-refractivity contribution < 1.29 is 4.74 Å². The molecule has 1 aromatic rings. The molecule has 1 saturated carbocycles. The lowest BCUT2D eigenvalue weighted by molar-refractivity contribution is 0.0713. The van der Waals surface area contributed by atoms with Crippen molar-refractivity contribution in [3.63, 3.8) is 0 Å². The molecule has 1 heteroatoms. The zero-order valence-electron chi connectivity index (χ0n) is 8.78. The summed E-state index contributed by atoms with van der Waals surface area (Å²) in [5, 5.41) is 0. The number of benzene rings is 1. The van der Waals surface area contributed by atoms with Crippen LogP contribution in [0.4, 0.5) is 0 Å². The number of methoxy groups -OCH3 is 1. The first-order valence-corrected chi connectivity index (χ1v) is 5.47. The predicted molar refractivity (Wildman–Crippen MR) is 58.3 cm³/mol. The smallest absolute Gasteiger partial charge is 0.0602 e. The van der Waals surface area contributed by atoms with Crippen LogP contribution in [0.5, 0.6) is 0 Å². The van der Waals surface area contributed by atoms with Gasteiger partial charge in [-0.05, 0) is 30.7 Å². The lowest BCUT2D eigenvalue weighted by Gasteiger charge is -2.17. The molecule has 0 spiro atoms. The summed E-state index contributed by atoms with van der Waals surface area (Å²) in [5.74, 6) is 0.738. The number of hydrogen-bond acceptors (Lipinski definition) is 1. The summed E-state index contributed by atoms with van der Waals surface area (Å²) < 4.78 is 5.50. The molecule has 0 aliphatic heterocycles. The minimum atomic E-state index is 0.496. The minimum Gasteiger partial charge on any atom is -0.381 e. The maximum Gasteiger partial charge on any atom is 0.0602 e. The fraction of sp³-hybridized carbons (Fsp3) is 0.538. The molecule has 2 unspecified atom stereocenters. The molecule has 0 aromatic heterocycles. The molecule has 1 aromatic carbocycles. The van der Waals surface area contributed by atoms with Gasteiger partial charge in [0.2, 0.25) is 0 Å². The number of ether oxygens (including phenoxy) is 1. The van der Waals surface area contributed by atoms with Gasteiger partial charge >= 0.3 is 0 Å². The third-order valence-corrected chi connectivity index (χ3v) is 3.23. The summed E-state index contributed by atoms with van der Waals surface area (Å²) in [4.78, 5) is 0. The first kappa shape index (κ1) is 9.72. The van der Waals surface area contributed by atoms with Crippen LogP contribution in [0.1, 0.15) is 24.8 Å². The Morgan fingerprint density at radius 1 is 1.21 bits per heavy atom. The molecule has 2 atom stereocenters. The van der Waals surface area contributed by atoms with Crippen LogP contribution in [0.3, 0.4) is 0 Å². The Morgan fingerprint density at radius 3 is 2.71 bits per heavy atom. The van der Waals surface area contributed by atoms with E-state index >= 15 is 0 Å². The van der Waals surface area contributed by atoms with Crippen LogP contribution < -0.4 is 0 Å². The first-order valence-electron chi connectivity index (χ1n) is 5.47. The summed E-state index contributed by atoms with van der Waals surface area (Å²) in [5.41, 5.74) is 1.45. The highest BCUT2D eigenvalue weighted by Gasteiger charge is 2.26. The minimum absolute atomic E-state index is 0.496. The molecule has 0 bridgehead atoms. The van der Waals surface area contributed by atoms with Crippen LogP contribution in [-0.4, -0.2) is 13.2 Å². The lowest BCUT2D eigenvalue weighted by atomic mass is 9.96. The third kappa shape index (κ3) is 2.16. The molecule has 1 aliphatic rings. The molecule has 76 valence electrons. The van der Waals surface area contributed by atoms with Gasteiger partial charge < -0.3 is 4.74 Å². The van der Waals surface area contributed by atoms with E-state index in [4.69, 9.17) is 4.74 Å². The quantitative estimate of drug-likeness (QED) is 0.712. The average Bonchev–Trinajstić information content (AvgIpc) is 2.67. The Morgan fingerprint density at radius 2 is 2.00 bits per heavy atom. The SMILES string of the molecule is COC1CCCC1Cc1ccccc1. The molecular formula is C13H18O. The monoisotopic (exact) mass is 190 g/mol. The Labute approximate surface area is 86.1 Å². The molecule has 2 rings (SSSR count). The Balaban J connectivity index is 1.97. The molecule has 0 saturated heterocycles. The van der Waals surface area contributed by atoms with Crippen molar-refractivity contribution in [1.82, 2.24) is 0 Å². The molecule has 1 fully saturated rings. The van der Waals surface area contributed by atoms with Crippen molar-refractivity contribution >= 4 is 0 Å². The van der Waals surface area contributed by atoms with Gasteiger partial charge in [0.15, 0.2) is 0 Å². The highest BCUT2D eigenvalue weighted by molar-refractivity contribution is 5.15. The number of hydrogen-bond donors (Lipinski definition) is 0. The Hall–Kier alpha value is -0.820. The summed E-state index contributed by atoms with van der Waals surface area (Å²) in [6.45, 7) is 0. The molecule has 1 nitrogen and oxygen atoms in total. The van der Waals surface area contributed by atoms with Crippen molar-refractivity contribution in [3.05, 3.63) is 35.9 Å². The van der Waals surface area contributed by atoms with E-state index < -0.39 is 0 Å². The Bertz CT molecular complexity index is 268. The van der Waals surface area contributed by atoms with E-state index in [1.165, 1.54) is 31.2 Å². The van der Waals surface area contributed by atoms with Crippen molar-refractivity contribution in [2.75, 3.05) is 7.11 Å². The van der Waals surface area contributed by atoms with Gasteiger partial charge in [-0.2, -0.15) is 0 Å². The Kier molecular flexibility index (Phi) is 3.20. The normalized spacial score (nSPS) is 26.6. The van der Waals surface area contributed by atoms with Gasteiger partial charge in [-0.3, -0.25) is 0 Å². The van der Waals surface area contributed by atoms with Gasteiger partial charge in [-0.1, -0.05) is 36.8 Å². The summed E-state index contributed by atoms with van der Waals surface area (Å²) >= 11 is 0. The highest BCUT2D eigenvalue weighted by Crippen LogP contribution is 2.30. The van der Waals surface area contributed by atoms with E-state index in [-0.39, 0.29) is 0 Å². The molecule has 0 N–H and O–H groups in total. The van der Waals surface area contributed by atoms with Crippen LogP contribution in [0, 0.1) is 5.92 Å². The molecule has 0 amide bonds. The van der Waals surface area contributed by atoms with Crippen LogP contribution in [0.25, 0.3) is 0 Å². The van der Waals surface area contributed by atoms with E-state index in [9.17, 15) is 0 Å². The maximum atomic E-state index is 5.50. The van der Waals surface area contributed by atoms with Gasteiger partial charge in [-0.25, -0.2) is 0 Å². The maximum absolute atomic E-state index is 5.50. The third-order valence-electron chi connectivity index (χ3n) is 3.23. The lowest BCUT2D eigenvalue weighted by Crippen LogP contribution is -2.18. The van der Waals surface area contributed by atoms with E-state index in [1.807, 2.05) is 7.11 Å². The molecule has 0 radical (unpaired) electrons. The van der Waals surface area contributed by atoms with E-state index in [0.29, 0.717) is 6.10 Å². The predicted octanol–water partition coefficient (Wildman–Crippen LogP) is 3.04. The molecule has 1 aliphatic carbocycles. The van der Waals surface area contributed by atoms with Crippen molar-refractivity contribution in [1.29, 1.82) is 0 Å². The van der Waals surface area contributed by atoms with E-state index in [0.717, 1.165) is 5.92 Å². The van der Waals surface area contributed by atoms with E-state index in [2.05, 4.69) is 30.3 Å². The van der Waals surface area contributed by atoms with Gasteiger partial charge in [0.1, 0.15) is 0 Å². The first-order chi connectivity index (χ1) is 6.90. The summed E-state index contributed by atoms with van der Waals surface area (Å²) in [6, 6.07) is 10.7. The van der Waals surface area contributed by atoms with Crippen molar-refractivity contribution in [2.45, 2.75) is 31.8 Å². The fourth-order valence-electron chi connectivity index (χ4n) is 2.46. The second-order valence-corrected chi connectivity index (χ2v) is 4.15. The van der Waals surface area contributed by atoms with Crippen molar-refractivity contribution in [3.8, 4) is 0 Å². The largest absolute Gasteiger partial charge is 0.381 e. The second kappa shape index (κ2) is 4.61. The highest BCUT2D eigenvalue weighted by atomic mass is 16.5. The zero-order chi connectivity index (χ0) is 9.80.